The molecule has 2 heteroatoms. The predicted octanol–water partition coefficient (Wildman–Crippen LogP) is 1.12. The van der Waals surface area contributed by atoms with Crippen molar-refractivity contribution in [3.05, 3.63) is 35.9 Å². The van der Waals surface area contributed by atoms with Crippen LogP contribution in [0.25, 0.3) is 0 Å². The molecule has 2 fully saturated rings. The maximum absolute atomic E-state index is 2.46. The van der Waals surface area contributed by atoms with E-state index in [4.69, 9.17) is 0 Å². The maximum Gasteiger partial charge on any atom is 0.0983 e. The molecule has 2 saturated heterocycles. The summed E-state index contributed by atoms with van der Waals surface area (Å²) < 4.78 is 0. The van der Waals surface area contributed by atoms with Crippen LogP contribution in [0.2, 0.25) is 0 Å². The minimum atomic E-state index is 0.817. The van der Waals surface area contributed by atoms with Gasteiger partial charge in [0, 0.05) is 19.3 Å². The molecule has 122 valence electrons. The first kappa shape index (κ1) is 16.0. The summed E-state index contributed by atoms with van der Waals surface area (Å²) in [6.45, 7) is 8.17. The average molecular weight is 303 g/mol. The molecule has 0 aromatic heterocycles. The largest absolute Gasteiger partial charge is 0.332 e. The highest BCUT2D eigenvalue weighted by Gasteiger charge is 2.32. The number of benzene rings is 1. The third-order valence-corrected chi connectivity index (χ3v) is 6.11. The fourth-order valence-electron chi connectivity index (χ4n) is 4.54. The Morgan fingerprint density at radius 2 is 1.64 bits per heavy atom. The SMILES string of the molecule is C[C@H](CCc1ccccc1)[NH+]1CCC([NH+]2CCCCC2)CC1. The Hall–Kier alpha value is -0.860. The second-order valence-electron chi connectivity index (χ2n) is 7.58. The number of hydrogen-bond acceptors (Lipinski definition) is 0. The minimum absolute atomic E-state index is 0.817. The van der Waals surface area contributed by atoms with Crippen molar-refractivity contribution in [1.29, 1.82) is 0 Å². The van der Waals surface area contributed by atoms with Gasteiger partial charge in [-0.3, -0.25) is 0 Å². The number of likely N-dealkylation sites (tertiary alicyclic amines) is 2. The van der Waals surface area contributed by atoms with E-state index in [1.165, 1.54) is 76.7 Å². The van der Waals surface area contributed by atoms with Crippen LogP contribution in [0.4, 0.5) is 0 Å². The van der Waals surface area contributed by atoms with Crippen molar-refractivity contribution < 1.29 is 9.80 Å². The van der Waals surface area contributed by atoms with Crippen LogP contribution in [-0.4, -0.2) is 38.3 Å². The quantitative estimate of drug-likeness (QED) is 0.807. The molecule has 2 aliphatic rings. The van der Waals surface area contributed by atoms with E-state index in [0.717, 1.165) is 12.1 Å². The Kier molecular flexibility index (Phi) is 5.91. The molecule has 0 amide bonds. The summed E-state index contributed by atoms with van der Waals surface area (Å²) in [7, 11) is 0. The molecule has 0 spiro atoms. The highest BCUT2D eigenvalue weighted by molar-refractivity contribution is 5.14. The smallest absolute Gasteiger partial charge is 0.0983 e. The van der Waals surface area contributed by atoms with Gasteiger partial charge in [-0.25, -0.2) is 0 Å². The molecule has 2 N–H and O–H groups in total. The Bertz CT molecular complexity index is 417. The van der Waals surface area contributed by atoms with Crippen molar-refractivity contribution in [2.24, 2.45) is 0 Å². The van der Waals surface area contributed by atoms with Crippen LogP contribution in [0, 0.1) is 0 Å². The van der Waals surface area contributed by atoms with Crippen LogP contribution in [0.1, 0.15) is 51.0 Å². The number of rotatable bonds is 5. The highest BCUT2D eigenvalue weighted by atomic mass is 15.2. The van der Waals surface area contributed by atoms with E-state index in [0.29, 0.717) is 0 Å². The van der Waals surface area contributed by atoms with Gasteiger partial charge in [-0.1, -0.05) is 30.3 Å². The molecule has 0 saturated carbocycles. The number of aryl methyl sites for hydroxylation is 1. The molecule has 1 aromatic carbocycles. The van der Waals surface area contributed by atoms with Crippen LogP contribution in [0.3, 0.4) is 0 Å². The van der Waals surface area contributed by atoms with Gasteiger partial charge in [0.1, 0.15) is 0 Å². The molecule has 3 rings (SSSR count). The van der Waals surface area contributed by atoms with E-state index in [1.54, 1.807) is 0 Å². The maximum atomic E-state index is 2.46. The van der Waals surface area contributed by atoms with Crippen LogP contribution in [0.15, 0.2) is 30.3 Å². The molecule has 0 radical (unpaired) electrons. The van der Waals surface area contributed by atoms with Gasteiger partial charge in [-0.2, -0.15) is 0 Å². The Labute approximate surface area is 136 Å². The fourth-order valence-corrected chi connectivity index (χ4v) is 4.54. The number of nitrogens with one attached hydrogen (secondary N) is 2. The fraction of sp³-hybridized carbons (Fsp3) is 0.700. The van der Waals surface area contributed by atoms with Crippen molar-refractivity contribution in [1.82, 2.24) is 0 Å². The van der Waals surface area contributed by atoms with Crippen LogP contribution in [0.5, 0.6) is 0 Å². The molecule has 2 aliphatic heterocycles. The lowest BCUT2D eigenvalue weighted by molar-refractivity contribution is -0.969. The summed E-state index contributed by atoms with van der Waals surface area (Å²) >= 11 is 0. The lowest BCUT2D eigenvalue weighted by atomic mass is 9.97. The van der Waals surface area contributed by atoms with Gasteiger partial charge in [-0.15, -0.1) is 0 Å². The van der Waals surface area contributed by atoms with E-state index in [-0.39, 0.29) is 0 Å². The predicted molar refractivity (Wildman–Crippen MR) is 92.5 cm³/mol. The van der Waals surface area contributed by atoms with Gasteiger partial charge >= 0.3 is 0 Å². The molecular weight excluding hydrogens is 268 g/mol. The topological polar surface area (TPSA) is 8.88 Å². The number of quaternary nitrogens is 2. The highest BCUT2D eigenvalue weighted by Crippen LogP contribution is 2.05. The summed E-state index contributed by atoms with van der Waals surface area (Å²) in [6, 6.07) is 12.8. The lowest BCUT2D eigenvalue weighted by Gasteiger charge is -2.38. The van der Waals surface area contributed by atoms with E-state index in [2.05, 4.69) is 37.3 Å². The number of hydrogen-bond donors (Lipinski definition) is 2. The van der Waals surface area contributed by atoms with Gasteiger partial charge in [0.05, 0.1) is 38.3 Å². The Morgan fingerprint density at radius 1 is 0.955 bits per heavy atom. The summed E-state index contributed by atoms with van der Waals surface area (Å²) in [5.74, 6) is 0. The van der Waals surface area contributed by atoms with Crippen molar-refractivity contribution >= 4 is 0 Å². The van der Waals surface area contributed by atoms with E-state index < -0.39 is 0 Å². The molecule has 0 aliphatic carbocycles. The second-order valence-corrected chi connectivity index (χ2v) is 7.58. The molecule has 2 heterocycles. The first-order valence-corrected chi connectivity index (χ1v) is 9.56. The van der Waals surface area contributed by atoms with Crippen molar-refractivity contribution in [2.45, 2.75) is 64.0 Å². The molecule has 0 bridgehead atoms. The average Bonchev–Trinajstić information content (AvgIpc) is 2.61. The second kappa shape index (κ2) is 8.12. The van der Waals surface area contributed by atoms with E-state index in [9.17, 15) is 0 Å². The summed E-state index contributed by atoms with van der Waals surface area (Å²) in [4.78, 5) is 3.80. The van der Waals surface area contributed by atoms with Crippen LogP contribution >= 0.6 is 0 Å². The standard InChI is InChI=1S/C20H32N2/c1-18(10-11-19-8-4-2-5-9-19)21-16-12-20(13-17-21)22-14-6-3-7-15-22/h2,4-5,8-9,18,20H,3,6-7,10-17H2,1H3/p+2/t18-/m1/s1. The molecule has 1 aromatic rings. The van der Waals surface area contributed by atoms with Gasteiger partial charge in [0.25, 0.3) is 0 Å². The third-order valence-electron chi connectivity index (χ3n) is 6.11. The molecule has 1 atom stereocenters. The van der Waals surface area contributed by atoms with Crippen molar-refractivity contribution in [3.63, 3.8) is 0 Å². The van der Waals surface area contributed by atoms with Gasteiger partial charge in [-0.05, 0) is 38.2 Å². The van der Waals surface area contributed by atoms with Gasteiger partial charge in [0.15, 0.2) is 0 Å². The van der Waals surface area contributed by atoms with E-state index in [1.807, 2.05) is 9.80 Å². The summed E-state index contributed by atoms with van der Waals surface area (Å²) in [5.41, 5.74) is 1.50. The third kappa shape index (κ3) is 4.33. The molecule has 22 heavy (non-hydrogen) atoms. The monoisotopic (exact) mass is 302 g/mol. The molecule has 0 unspecified atom stereocenters. The van der Waals surface area contributed by atoms with Gasteiger partial charge in [0.2, 0.25) is 0 Å². The summed E-state index contributed by atoms with van der Waals surface area (Å²) in [6.07, 6.45) is 9.91. The van der Waals surface area contributed by atoms with Gasteiger partial charge < -0.3 is 9.80 Å². The summed E-state index contributed by atoms with van der Waals surface area (Å²) in [5, 5.41) is 0. The van der Waals surface area contributed by atoms with Crippen LogP contribution in [-0.2, 0) is 6.42 Å². The molecular formula is C20H34N2+2. The van der Waals surface area contributed by atoms with Crippen molar-refractivity contribution in [2.75, 3.05) is 26.2 Å². The van der Waals surface area contributed by atoms with Crippen molar-refractivity contribution in [3.8, 4) is 0 Å². The zero-order valence-electron chi connectivity index (χ0n) is 14.3. The van der Waals surface area contributed by atoms with Crippen LogP contribution < -0.4 is 9.80 Å². The minimum Gasteiger partial charge on any atom is -0.332 e. The zero-order chi connectivity index (χ0) is 15.2. The lowest BCUT2D eigenvalue weighted by Crippen LogP contribution is -3.22. The molecule has 2 nitrogen and oxygen atoms in total. The van der Waals surface area contributed by atoms with E-state index >= 15 is 0 Å². The normalized spacial score (nSPS) is 28.4. The zero-order valence-corrected chi connectivity index (χ0v) is 14.3. The Morgan fingerprint density at radius 3 is 2.32 bits per heavy atom. The first-order valence-electron chi connectivity index (χ1n) is 9.56. The number of piperidine rings is 2. The Balaban J connectivity index is 1.40. The first-order chi connectivity index (χ1) is 10.8.